The first kappa shape index (κ1) is 10.4. The Hall–Kier alpha value is -1.71. The summed E-state index contributed by atoms with van der Waals surface area (Å²) < 4.78 is 5.56. The van der Waals surface area contributed by atoms with Crippen LogP contribution in [0.3, 0.4) is 0 Å². The van der Waals surface area contributed by atoms with Crippen molar-refractivity contribution in [3.63, 3.8) is 0 Å². The monoisotopic (exact) mass is 232 g/mol. The van der Waals surface area contributed by atoms with Crippen molar-refractivity contribution in [1.82, 2.24) is 0 Å². The fourth-order valence-electron chi connectivity index (χ4n) is 2.29. The standard InChI is InChI=1S/C13H16N2O2/c1-2-17-11-5-3-4-10-13(11)14-12(16)8-15(10)9-6-7-9/h3-5,9H,2,6-8H2,1H3,(H,14,16). The van der Waals surface area contributed by atoms with E-state index in [-0.39, 0.29) is 5.91 Å². The Morgan fingerprint density at radius 3 is 3.00 bits per heavy atom. The molecule has 0 saturated heterocycles. The molecule has 1 amide bonds. The molecule has 0 aromatic heterocycles. The van der Waals surface area contributed by atoms with Gasteiger partial charge < -0.3 is 15.0 Å². The maximum atomic E-state index is 11.7. The molecule has 1 aliphatic heterocycles. The van der Waals surface area contributed by atoms with Crippen LogP contribution in [-0.2, 0) is 4.79 Å². The van der Waals surface area contributed by atoms with E-state index in [4.69, 9.17) is 4.74 Å². The van der Waals surface area contributed by atoms with E-state index >= 15 is 0 Å². The SMILES string of the molecule is CCOc1cccc2c1NC(=O)CN2C1CC1. The number of carbonyl (C=O) groups excluding carboxylic acids is 1. The van der Waals surface area contributed by atoms with Gasteiger partial charge in [-0.1, -0.05) is 6.07 Å². The molecule has 0 radical (unpaired) electrons. The van der Waals surface area contributed by atoms with Gasteiger partial charge >= 0.3 is 0 Å². The molecule has 4 nitrogen and oxygen atoms in total. The summed E-state index contributed by atoms with van der Waals surface area (Å²) in [6.45, 7) is 3.02. The van der Waals surface area contributed by atoms with Crippen molar-refractivity contribution < 1.29 is 9.53 Å². The van der Waals surface area contributed by atoms with Gasteiger partial charge in [0.1, 0.15) is 11.4 Å². The number of hydrogen-bond donors (Lipinski definition) is 1. The predicted octanol–water partition coefficient (Wildman–Crippen LogP) is 2.01. The molecule has 1 saturated carbocycles. The van der Waals surface area contributed by atoms with Crippen LogP contribution in [-0.4, -0.2) is 25.1 Å². The highest BCUT2D eigenvalue weighted by Crippen LogP contribution is 2.42. The number of amides is 1. The summed E-state index contributed by atoms with van der Waals surface area (Å²) >= 11 is 0. The van der Waals surface area contributed by atoms with Crippen molar-refractivity contribution in [3.05, 3.63) is 18.2 Å². The van der Waals surface area contributed by atoms with Crippen LogP contribution in [0.4, 0.5) is 11.4 Å². The average molecular weight is 232 g/mol. The number of para-hydroxylation sites is 1. The van der Waals surface area contributed by atoms with E-state index in [0.29, 0.717) is 19.2 Å². The van der Waals surface area contributed by atoms with Crippen molar-refractivity contribution in [2.24, 2.45) is 0 Å². The number of nitrogens with zero attached hydrogens (tertiary/aromatic N) is 1. The second-order valence-electron chi connectivity index (χ2n) is 4.49. The lowest BCUT2D eigenvalue weighted by Gasteiger charge is -2.31. The van der Waals surface area contributed by atoms with Crippen LogP contribution in [0.25, 0.3) is 0 Å². The molecule has 2 aliphatic rings. The Morgan fingerprint density at radius 1 is 1.47 bits per heavy atom. The predicted molar refractivity (Wildman–Crippen MR) is 66.6 cm³/mol. The van der Waals surface area contributed by atoms with E-state index in [2.05, 4.69) is 16.3 Å². The number of anilines is 2. The Kier molecular flexibility index (Phi) is 2.42. The molecule has 1 aromatic carbocycles. The zero-order valence-electron chi connectivity index (χ0n) is 9.90. The van der Waals surface area contributed by atoms with Gasteiger partial charge in [0.15, 0.2) is 0 Å². The topological polar surface area (TPSA) is 41.6 Å². The summed E-state index contributed by atoms with van der Waals surface area (Å²) in [6, 6.07) is 6.47. The normalized spacial score (nSPS) is 18.6. The van der Waals surface area contributed by atoms with Gasteiger partial charge in [-0.25, -0.2) is 0 Å². The Morgan fingerprint density at radius 2 is 2.29 bits per heavy atom. The Bertz CT molecular complexity index is 455. The van der Waals surface area contributed by atoms with Gasteiger partial charge in [-0.3, -0.25) is 4.79 Å². The molecule has 1 fully saturated rings. The van der Waals surface area contributed by atoms with Crippen LogP contribution in [0, 0.1) is 0 Å². The smallest absolute Gasteiger partial charge is 0.244 e. The van der Waals surface area contributed by atoms with E-state index in [0.717, 1.165) is 17.1 Å². The highest BCUT2D eigenvalue weighted by Gasteiger charge is 2.35. The first-order chi connectivity index (χ1) is 8.29. The number of hydrogen-bond acceptors (Lipinski definition) is 3. The number of fused-ring (bicyclic) bond motifs is 1. The fourth-order valence-corrected chi connectivity index (χ4v) is 2.29. The number of rotatable bonds is 3. The molecule has 4 heteroatoms. The third-order valence-corrected chi connectivity index (χ3v) is 3.18. The zero-order chi connectivity index (χ0) is 11.8. The summed E-state index contributed by atoms with van der Waals surface area (Å²) in [4.78, 5) is 13.9. The van der Waals surface area contributed by atoms with E-state index in [1.54, 1.807) is 0 Å². The van der Waals surface area contributed by atoms with Gasteiger partial charge in [0.05, 0.1) is 18.8 Å². The summed E-state index contributed by atoms with van der Waals surface area (Å²) in [5, 5.41) is 2.92. The Balaban J connectivity index is 2.02. The first-order valence-electron chi connectivity index (χ1n) is 6.12. The van der Waals surface area contributed by atoms with E-state index < -0.39 is 0 Å². The van der Waals surface area contributed by atoms with Gasteiger partial charge in [0, 0.05) is 6.04 Å². The van der Waals surface area contributed by atoms with E-state index in [9.17, 15) is 4.79 Å². The molecule has 90 valence electrons. The van der Waals surface area contributed by atoms with Crippen LogP contribution in [0.5, 0.6) is 5.75 Å². The largest absolute Gasteiger partial charge is 0.492 e. The lowest BCUT2D eigenvalue weighted by Crippen LogP contribution is -2.39. The van der Waals surface area contributed by atoms with Crippen molar-refractivity contribution >= 4 is 17.3 Å². The zero-order valence-corrected chi connectivity index (χ0v) is 9.90. The maximum absolute atomic E-state index is 11.7. The van der Waals surface area contributed by atoms with Crippen LogP contribution in [0.1, 0.15) is 19.8 Å². The van der Waals surface area contributed by atoms with Crippen molar-refractivity contribution in [2.45, 2.75) is 25.8 Å². The minimum Gasteiger partial charge on any atom is -0.492 e. The van der Waals surface area contributed by atoms with E-state index in [1.807, 2.05) is 19.1 Å². The molecule has 1 aromatic rings. The molecule has 0 atom stereocenters. The van der Waals surface area contributed by atoms with E-state index in [1.165, 1.54) is 12.8 Å². The van der Waals surface area contributed by atoms with Crippen LogP contribution >= 0.6 is 0 Å². The maximum Gasteiger partial charge on any atom is 0.244 e. The molecule has 0 unspecified atom stereocenters. The van der Waals surface area contributed by atoms with Gasteiger partial charge in [-0.2, -0.15) is 0 Å². The molecule has 1 heterocycles. The third kappa shape index (κ3) is 1.84. The van der Waals surface area contributed by atoms with Gasteiger partial charge in [-0.05, 0) is 31.9 Å². The molecule has 3 rings (SSSR count). The third-order valence-electron chi connectivity index (χ3n) is 3.18. The van der Waals surface area contributed by atoms with Gasteiger partial charge in [0.2, 0.25) is 5.91 Å². The van der Waals surface area contributed by atoms with Crippen molar-refractivity contribution in [3.8, 4) is 5.75 Å². The molecular weight excluding hydrogens is 216 g/mol. The summed E-state index contributed by atoms with van der Waals surface area (Å²) in [7, 11) is 0. The second-order valence-corrected chi connectivity index (χ2v) is 4.49. The van der Waals surface area contributed by atoms with Crippen LogP contribution in [0.2, 0.25) is 0 Å². The average Bonchev–Trinajstić information content (AvgIpc) is 3.13. The molecule has 0 spiro atoms. The van der Waals surface area contributed by atoms with Crippen LogP contribution < -0.4 is 15.0 Å². The molecule has 1 aliphatic carbocycles. The second kappa shape index (κ2) is 3.95. The highest BCUT2D eigenvalue weighted by atomic mass is 16.5. The number of benzene rings is 1. The van der Waals surface area contributed by atoms with Crippen LogP contribution in [0.15, 0.2) is 18.2 Å². The van der Waals surface area contributed by atoms with Gasteiger partial charge in [-0.15, -0.1) is 0 Å². The minimum absolute atomic E-state index is 0.0524. The van der Waals surface area contributed by atoms with Gasteiger partial charge in [0.25, 0.3) is 0 Å². The quantitative estimate of drug-likeness (QED) is 0.866. The summed E-state index contributed by atoms with van der Waals surface area (Å²) in [5.74, 6) is 0.820. The first-order valence-corrected chi connectivity index (χ1v) is 6.12. The highest BCUT2D eigenvalue weighted by molar-refractivity contribution is 6.03. The minimum atomic E-state index is 0.0524. The molecular formula is C13H16N2O2. The Labute approximate surface area is 101 Å². The van der Waals surface area contributed by atoms with Crippen molar-refractivity contribution in [1.29, 1.82) is 0 Å². The molecule has 17 heavy (non-hydrogen) atoms. The molecule has 0 bridgehead atoms. The summed E-state index contributed by atoms with van der Waals surface area (Å²) in [6.07, 6.45) is 2.37. The number of carbonyl (C=O) groups is 1. The number of nitrogens with one attached hydrogen (secondary N) is 1. The number of ether oxygens (including phenoxy) is 1. The molecule has 1 N–H and O–H groups in total. The van der Waals surface area contributed by atoms with Crippen molar-refractivity contribution in [2.75, 3.05) is 23.4 Å². The lowest BCUT2D eigenvalue weighted by atomic mass is 10.1. The fraction of sp³-hybridized carbons (Fsp3) is 0.462. The lowest BCUT2D eigenvalue weighted by molar-refractivity contribution is -0.115. The summed E-state index contributed by atoms with van der Waals surface area (Å²) in [5.41, 5.74) is 1.93.